The van der Waals surface area contributed by atoms with E-state index >= 15 is 0 Å². The molecule has 1 unspecified atom stereocenters. The van der Waals surface area contributed by atoms with Crippen molar-refractivity contribution in [3.8, 4) is 0 Å². The summed E-state index contributed by atoms with van der Waals surface area (Å²) in [6.07, 6.45) is 6.87. The number of carbonyl (C=O) groups is 1. The Bertz CT molecular complexity index is 346. The molecule has 1 saturated heterocycles. The van der Waals surface area contributed by atoms with E-state index in [4.69, 9.17) is 0 Å². The standard InChI is InChI=1S/C11H19NO3S/c13-9-10-5-3-4-8-12(10)16(14,15)11-6-1-2-7-11/h9-11H,1-8H2. The molecule has 0 N–H and O–H groups in total. The molecule has 1 heterocycles. The van der Waals surface area contributed by atoms with E-state index in [-0.39, 0.29) is 5.25 Å². The fraction of sp³-hybridized carbons (Fsp3) is 0.909. The first kappa shape index (κ1) is 12.0. The average Bonchev–Trinajstić information content (AvgIpc) is 2.83. The van der Waals surface area contributed by atoms with Gasteiger partial charge >= 0.3 is 0 Å². The van der Waals surface area contributed by atoms with Crippen molar-refractivity contribution in [3.05, 3.63) is 0 Å². The Morgan fingerprint density at radius 1 is 1.00 bits per heavy atom. The maximum Gasteiger partial charge on any atom is 0.217 e. The third kappa shape index (κ3) is 2.15. The van der Waals surface area contributed by atoms with E-state index in [0.29, 0.717) is 13.0 Å². The molecule has 4 nitrogen and oxygen atoms in total. The maximum absolute atomic E-state index is 12.3. The number of piperidine rings is 1. The van der Waals surface area contributed by atoms with Gasteiger partial charge in [0.15, 0.2) is 0 Å². The molecule has 0 aromatic carbocycles. The van der Waals surface area contributed by atoms with Crippen molar-refractivity contribution in [3.63, 3.8) is 0 Å². The lowest BCUT2D eigenvalue weighted by Gasteiger charge is -2.33. The molecule has 92 valence electrons. The molecule has 0 spiro atoms. The smallest absolute Gasteiger partial charge is 0.217 e. The van der Waals surface area contributed by atoms with Crippen molar-refractivity contribution in [1.82, 2.24) is 4.31 Å². The molecule has 1 aliphatic heterocycles. The zero-order valence-corrected chi connectivity index (χ0v) is 10.3. The first-order chi connectivity index (χ1) is 7.66. The van der Waals surface area contributed by atoms with Crippen LogP contribution < -0.4 is 0 Å². The van der Waals surface area contributed by atoms with Crippen LogP contribution in [0.2, 0.25) is 0 Å². The molecule has 1 aliphatic carbocycles. The van der Waals surface area contributed by atoms with Crippen molar-refractivity contribution in [2.45, 2.75) is 56.2 Å². The summed E-state index contributed by atoms with van der Waals surface area (Å²) < 4.78 is 26.1. The van der Waals surface area contributed by atoms with Gasteiger partial charge in [0.1, 0.15) is 6.29 Å². The van der Waals surface area contributed by atoms with Crippen LogP contribution in [0.15, 0.2) is 0 Å². The molecule has 5 heteroatoms. The Labute approximate surface area is 97.1 Å². The predicted octanol–water partition coefficient (Wildman–Crippen LogP) is 1.31. The zero-order chi connectivity index (χ0) is 11.6. The van der Waals surface area contributed by atoms with Gasteiger partial charge in [-0.3, -0.25) is 0 Å². The molecule has 2 rings (SSSR count). The normalized spacial score (nSPS) is 29.4. The summed E-state index contributed by atoms with van der Waals surface area (Å²) >= 11 is 0. The highest BCUT2D eigenvalue weighted by atomic mass is 32.2. The molecule has 0 bridgehead atoms. The number of sulfonamides is 1. The number of carbonyl (C=O) groups excluding carboxylic acids is 1. The summed E-state index contributed by atoms with van der Waals surface area (Å²) in [4.78, 5) is 10.9. The first-order valence-corrected chi connectivity index (χ1v) is 7.62. The van der Waals surface area contributed by atoms with E-state index in [1.807, 2.05) is 0 Å². The Morgan fingerprint density at radius 2 is 1.62 bits per heavy atom. The maximum atomic E-state index is 12.3. The van der Waals surface area contributed by atoms with Crippen LogP contribution in [0.25, 0.3) is 0 Å². The Kier molecular flexibility index (Phi) is 3.64. The van der Waals surface area contributed by atoms with Gasteiger partial charge in [-0.05, 0) is 25.7 Å². The highest BCUT2D eigenvalue weighted by molar-refractivity contribution is 7.89. The highest BCUT2D eigenvalue weighted by Crippen LogP contribution is 2.30. The largest absolute Gasteiger partial charge is 0.302 e. The average molecular weight is 245 g/mol. The number of nitrogens with zero attached hydrogens (tertiary/aromatic N) is 1. The predicted molar refractivity (Wildman–Crippen MR) is 61.6 cm³/mol. The second kappa shape index (κ2) is 4.84. The number of rotatable bonds is 3. The van der Waals surface area contributed by atoms with Crippen molar-refractivity contribution in [2.75, 3.05) is 6.54 Å². The van der Waals surface area contributed by atoms with E-state index in [9.17, 15) is 13.2 Å². The molecular formula is C11H19NO3S. The van der Waals surface area contributed by atoms with E-state index in [2.05, 4.69) is 0 Å². The minimum Gasteiger partial charge on any atom is -0.302 e. The van der Waals surface area contributed by atoms with E-state index < -0.39 is 16.1 Å². The number of aldehydes is 1. The molecule has 0 aromatic heterocycles. The number of hydrogen-bond acceptors (Lipinski definition) is 3. The lowest BCUT2D eigenvalue weighted by Crippen LogP contribution is -2.47. The van der Waals surface area contributed by atoms with Crippen LogP contribution in [0, 0.1) is 0 Å². The highest BCUT2D eigenvalue weighted by Gasteiger charge is 2.38. The van der Waals surface area contributed by atoms with Gasteiger partial charge in [-0.25, -0.2) is 8.42 Å². The van der Waals surface area contributed by atoms with Gasteiger partial charge in [0, 0.05) is 6.54 Å². The minimum atomic E-state index is -3.22. The summed E-state index contributed by atoms with van der Waals surface area (Å²) in [5.41, 5.74) is 0. The van der Waals surface area contributed by atoms with Crippen LogP contribution in [0.5, 0.6) is 0 Å². The molecule has 1 atom stereocenters. The van der Waals surface area contributed by atoms with E-state index in [1.165, 1.54) is 4.31 Å². The van der Waals surface area contributed by atoms with Crippen molar-refractivity contribution in [1.29, 1.82) is 0 Å². The van der Waals surface area contributed by atoms with Crippen LogP contribution in [0.4, 0.5) is 0 Å². The van der Waals surface area contributed by atoms with Gasteiger partial charge in [-0.15, -0.1) is 0 Å². The molecule has 16 heavy (non-hydrogen) atoms. The monoisotopic (exact) mass is 245 g/mol. The first-order valence-electron chi connectivity index (χ1n) is 6.12. The van der Waals surface area contributed by atoms with Crippen molar-refractivity contribution < 1.29 is 13.2 Å². The van der Waals surface area contributed by atoms with Gasteiger partial charge in [-0.2, -0.15) is 4.31 Å². The quantitative estimate of drug-likeness (QED) is 0.704. The van der Waals surface area contributed by atoms with Crippen molar-refractivity contribution >= 4 is 16.3 Å². The van der Waals surface area contributed by atoms with Crippen LogP contribution in [-0.2, 0) is 14.8 Å². The third-order valence-electron chi connectivity index (χ3n) is 3.71. The molecule has 2 aliphatic rings. The summed E-state index contributed by atoms with van der Waals surface area (Å²) in [6.45, 7) is 0.530. The second-order valence-corrected chi connectivity index (χ2v) is 6.93. The second-order valence-electron chi connectivity index (χ2n) is 4.76. The van der Waals surface area contributed by atoms with Crippen molar-refractivity contribution in [2.24, 2.45) is 0 Å². The lowest BCUT2D eigenvalue weighted by atomic mass is 10.1. The van der Waals surface area contributed by atoms with Gasteiger partial charge in [0.2, 0.25) is 10.0 Å². The Hall–Kier alpha value is -0.420. The lowest BCUT2D eigenvalue weighted by molar-refractivity contribution is -0.111. The summed E-state index contributed by atoms with van der Waals surface area (Å²) in [7, 11) is -3.22. The molecule has 0 amide bonds. The van der Waals surface area contributed by atoms with Gasteiger partial charge in [0.05, 0.1) is 11.3 Å². The molecular weight excluding hydrogens is 226 g/mol. The van der Waals surface area contributed by atoms with Crippen LogP contribution in [0.1, 0.15) is 44.9 Å². The van der Waals surface area contributed by atoms with Crippen LogP contribution in [-0.4, -0.2) is 36.8 Å². The summed E-state index contributed by atoms with van der Waals surface area (Å²) in [5.74, 6) is 0. The zero-order valence-electron chi connectivity index (χ0n) is 9.47. The third-order valence-corrected chi connectivity index (χ3v) is 6.13. The van der Waals surface area contributed by atoms with Gasteiger partial charge < -0.3 is 4.79 Å². The van der Waals surface area contributed by atoms with Gasteiger partial charge in [0.25, 0.3) is 0 Å². The molecule has 1 saturated carbocycles. The molecule has 0 aromatic rings. The number of hydrogen-bond donors (Lipinski definition) is 0. The topological polar surface area (TPSA) is 54.5 Å². The minimum absolute atomic E-state index is 0.229. The fourth-order valence-electron chi connectivity index (χ4n) is 2.76. The molecule has 0 radical (unpaired) electrons. The van der Waals surface area contributed by atoms with Gasteiger partial charge in [-0.1, -0.05) is 19.3 Å². The van der Waals surface area contributed by atoms with Crippen LogP contribution >= 0.6 is 0 Å². The summed E-state index contributed by atoms with van der Waals surface area (Å²) in [6, 6.07) is -0.403. The fourth-order valence-corrected chi connectivity index (χ4v) is 4.99. The SMILES string of the molecule is O=CC1CCCCN1S(=O)(=O)C1CCCC1. The molecule has 2 fully saturated rings. The Balaban J connectivity index is 2.17. The Morgan fingerprint density at radius 3 is 2.25 bits per heavy atom. The summed E-state index contributed by atoms with van der Waals surface area (Å²) in [5, 5.41) is -0.229. The van der Waals surface area contributed by atoms with Crippen LogP contribution in [0.3, 0.4) is 0 Å². The van der Waals surface area contributed by atoms with E-state index in [1.54, 1.807) is 0 Å². The van der Waals surface area contributed by atoms with E-state index in [0.717, 1.165) is 44.8 Å².